The van der Waals surface area contributed by atoms with Gasteiger partial charge in [-0.15, -0.1) is 0 Å². The lowest BCUT2D eigenvalue weighted by molar-refractivity contribution is -0.284. The molecule has 84 valence electrons. The normalized spacial score (nSPS) is 12.7. The molecule has 0 aliphatic rings. The molecule has 0 aliphatic carbocycles. The second kappa shape index (κ2) is 4.56. The third kappa shape index (κ3) is 4.38. The fraction of sp³-hybridized carbons (Fsp3) is 0.857. The first-order chi connectivity index (χ1) is 6.17. The van der Waals surface area contributed by atoms with Crippen LogP contribution in [-0.2, 0) is 9.53 Å². The van der Waals surface area contributed by atoms with Crippen molar-refractivity contribution in [1.29, 1.82) is 0 Å². The summed E-state index contributed by atoms with van der Waals surface area (Å²) in [5, 5.41) is 0. The lowest BCUT2D eigenvalue weighted by Gasteiger charge is -2.18. The van der Waals surface area contributed by atoms with Gasteiger partial charge in [0.2, 0.25) is 0 Å². The Morgan fingerprint density at radius 3 is 2.07 bits per heavy atom. The Balaban J connectivity index is 3.83. The van der Waals surface area contributed by atoms with Crippen molar-refractivity contribution in [2.24, 2.45) is 0 Å². The van der Waals surface area contributed by atoms with Crippen LogP contribution in [0.5, 0.6) is 0 Å². The van der Waals surface area contributed by atoms with Gasteiger partial charge in [0.05, 0.1) is 6.61 Å². The summed E-state index contributed by atoms with van der Waals surface area (Å²) in [5.74, 6) is -5.42. The molecule has 0 saturated carbocycles. The van der Waals surface area contributed by atoms with Crippen molar-refractivity contribution >= 4 is 5.97 Å². The molecule has 0 fully saturated rings. The number of carbonyl (C=O) groups is 1. The molecule has 0 aliphatic heterocycles. The van der Waals surface area contributed by atoms with Crippen LogP contribution in [0, 0.1) is 0 Å². The molecule has 0 aromatic heterocycles. The van der Waals surface area contributed by atoms with E-state index in [1.54, 1.807) is 0 Å². The summed E-state index contributed by atoms with van der Waals surface area (Å²) in [6, 6.07) is 0. The van der Waals surface area contributed by atoms with Crippen LogP contribution in [-0.4, -0.2) is 24.7 Å². The smallest absolute Gasteiger partial charge is 0.453 e. The van der Waals surface area contributed by atoms with E-state index in [4.69, 9.17) is 0 Å². The summed E-state index contributed by atoms with van der Waals surface area (Å²) >= 11 is 0. The molecular weight excluding hydrogens is 211 g/mol. The molecule has 0 radical (unpaired) electrons. The van der Waals surface area contributed by atoms with Crippen LogP contribution in [0.4, 0.5) is 22.0 Å². The number of ether oxygens (including phenoxy) is 1. The summed E-state index contributed by atoms with van der Waals surface area (Å²) < 4.78 is 63.3. The number of alkyl halides is 5. The maximum absolute atomic E-state index is 12.2. The highest BCUT2D eigenvalue weighted by Crippen LogP contribution is 2.38. The van der Waals surface area contributed by atoms with E-state index in [0.29, 0.717) is 0 Å². The van der Waals surface area contributed by atoms with Gasteiger partial charge < -0.3 is 4.74 Å². The Hall–Kier alpha value is -0.880. The quantitative estimate of drug-likeness (QED) is 0.413. The third-order valence-electron chi connectivity index (χ3n) is 1.36. The maximum Gasteiger partial charge on any atom is 0.453 e. The number of esters is 1. The topological polar surface area (TPSA) is 26.3 Å². The zero-order valence-electron chi connectivity index (χ0n) is 7.33. The average molecular weight is 220 g/mol. The molecule has 0 spiro atoms. The highest BCUT2D eigenvalue weighted by Gasteiger charge is 2.56. The molecule has 2 nitrogen and oxygen atoms in total. The minimum atomic E-state index is -5.54. The number of carbonyl (C=O) groups excluding carboxylic acids is 1. The van der Waals surface area contributed by atoms with E-state index in [9.17, 15) is 26.7 Å². The predicted molar refractivity (Wildman–Crippen MR) is 36.9 cm³/mol. The van der Waals surface area contributed by atoms with Crippen LogP contribution in [0.25, 0.3) is 0 Å². The fourth-order valence-corrected chi connectivity index (χ4v) is 0.652. The lowest BCUT2D eigenvalue weighted by atomic mass is 10.2. The van der Waals surface area contributed by atoms with Gasteiger partial charge >= 0.3 is 18.1 Å². The summed E-state index contributed by atoms with van der Waals surface area (Å²) in [5.41, 5.74) is 0. The first-order valence-corrected chi connectivity index (χ1v) is 3.75. The molecule has 7 heteroatoms. The Bertz CT molecular complexity index is 199. The molecule has 0 unspecified atom stereocenters. The van der Waals surface area contributed by atoms with Crippen molar-refractivity contribution in [2.75, 3.05) is 6.61 Å². The monoisotopic (exact) mass is 220 g/mol. The summed E-state index contributed by atoms with van der Waals surface area (Å²) in [4.78, 5) is 10.1. The largest absolute Gasteiger partial charge is 0.466 e. The van der Waals surface area contributed by atoms with Gasteiger partial charge in [-0.3, -0.25) is 4.79 Å². The van der Waals surface area contributed by atoms with E-state index >= 15 is 0 Å². The van der Waals surface area contributed by atoms with Gasteiger partial charge in [-0.05, 0) is 6.42 Å². The van der Waals surface area contributed by atoms with Crippen molar-refractivity contribution in [3.8, 4) is 0 Å². The minimum absolute atomic E-state index is 0.430. The fourth-order valence-electron chi connectivity index (χ4n) is 0.652. The zero-order valence-corrected chi connectivity index (χ0v) is 7.33. The van der Waals surface area contributed by atoms with E-state index in [2.05, 4.69) is 4.74 Å². The van der Waals surface area contributed by atoms with Gasteiger partial charge in [0.15, 0.2) is 0 Å². The molecule has 0 bridgehead atoms. The van der Waals surface area contributed by atoms with Gasteiger partial charge in [-0.2, -0.15) is 22.0 Å². The SMILES string of the molecule is CC(=O)OCCCC(F)(F)C(F)(F)F. The molecule has 0 amide bonds. The molecule has 0 atom stereocenters. The molecule has 0 rings (SSSR count). The Morgan fingerprint density at radius 1 is 1.21 bits per heavy atom. The van der Waals surface area contributed by atoms with Crippen LogP contribution >= 0.6 is 0 Å². The Labute approximate surface area is 77.0 Å². The molecule has 0 aromatic carbocycles. The van der Waals surface area contributed by atoms with Crippen molar-refractivity contribution in [3.63, 3.8) is 0 Å². The zero-order chi connectivity index (χ0) is 11.4. The number of hydrogen-bond acceptors (Lipinski definition) is 2. The van der Waals surface area contributed by atoms with E-state index in [-0.39, 0.29) is 0 Å². The van der Waals surface area contributed by atoms with Crippen LogP contribution in [0.1, 0.15) is 19.8 Å². The van der Waals surface area contributed by atoms with Crippen molar-refractivity contribution in [3.05, 3.63) is 0 Å². The Morgan fingerprint density at radius 2 is 1.71 bits per heavy atom. The number of halogens is 5. The van der Waals surface area contributed by atoms with Crippen LogP contribution < -0.4 is 0 Å². The van der Waals surface area contributed by atoms with Gasteiger partial charge in [0.1, 0.15) is 0 Å². The van der Waals surface area contributed by atoms with E-state index < -0.39 is 37.5 Å². The molecule has 0 heterocycles. The van der Waals surface area contributed by atoms with Gasteiger partial charge in [-0.25, -0.2) is 0 Å². The van der Waals surface area contributed by atoms with E-state index in [0.717, 1.165) is 6.92 Å². The van der Waals surface area contributed by atoms with Crippen LogP contribution in [0.2, 0.25) is 0 Å². The molecule has 14 heavy (non-hydrogen) atoms. The Kier molecular flexibility index (Phi) is 4.28. The van der Waals surface area contributed by atoms with Gasteiger partial charge in [0, 0.05) is 13.3 Å². The highest BCUT2D eigenvalue weighted by molar-refractivity contribution is 5.65. The van der Waals surface area contributed by atoms with Crippen LogP contribution in [0.15, 0.2) is 0 Å². The van der Waals surface area contributed by atoms with Gasteiger partial charge in [0.25, 0.3) is 0 Å². The summed E-state index contributed by atoms with van der Waals surface area (Å²) in [6.45, 7) is 0.614. The van der Waals surface area contributed by atoms with E-state index in [1.165, 1.54) is 0 Å². The first kappa shape index (κ1) is 13.1. The van der Waals surface area contributed by atoms with Gasteiger partial charge in [-0.1, -0.05) is 0 Å². The minimum Gasteiger partial charge on any atom is -0.466 e. The molecule has 0 N–H and O–H groups in total. The maximum atomic E-state index is 12.2. The number of rotatable bonds is 4. The standard InChI is InChI=1S/C7H9F5O2/c1-5(13)14-4-2-3-6(8,9)7(10,11)12/h2-4H2,1H3. The second-order valence-corrected chi connectivity index (χ2v) is 2.65. The lowest BCUT2D eigenvalue weighted by Crippen LogP contribution is -2.36. The van der Waals surface area contributed by atoms with E-state index in [1.807, 2.05) is 0 Å². The van der Waals surface area contributed by atoms with Crippen molar-refractivity contribution < 1.29 is 31.5 Å². The van der Waals surface area contributed by atoms with Crippen molar-refractivity contribution in [1.82, 2.24) is 0 Å². The second-order valence-electron chi connectivity index (χ2n) is 2.65. The molecular formula is C7H9F5O2. The third-order valence-corrected chi connectivity index (χ3v) is 1.36. The summed E-state index contributed by atoms with van der Waals surface area (Å²) in [6.07, 6.45) is -7.43. The highest BCUT2D eigenvalue weighted by atomic mass is 19.4. The first-order valence-electron chi connectivity index (χ1n) is 3.75. The molecule has 0 aromatic rings. The van der Waals surface area contributed by atoms with Crippen LogP contribution in [0.3, 0.4) is 0 Å². The number of hydrogen-bond donors (Lipinski definition) is 0. The molecule has 0 saturated heterocycles. The average Bonchev–Trinajstić information content (AvgIpc) is 1.95. The summed E-state index contributed by atoms with van der Waals surface area (Å²) in [7, 11) is 0. The van der Waals surface area contributed by atoms with Crippen molar-refractivity contribution in [2.45, 2.75) is 31.9 Å². The predicted octanol–water partition coefficient (Wildman–Crippen LogP) is 2.53.